The molecule has 1 N–H and O–H groups in total. The van der Waals surface area contributed by atoms with E-state index in [0.717, 1.165) is 15.6 Å². The standard InChI is InChI=1S/C8H7NO2S3/c1-5-9-6(4-12-5)7-2-3-8(13-7)14(10)11/h2-4H,1H3,(H,10,11). The highest BCUT2D eigenvalue weighted by molar-refractivity contribution is 7.81. The van der Waals surface area contributed by atoms with Gasteiger partial charge in [-0.2, -0.15) is 0 Å². The quantitative estimate of drug-likeness (QED) is 0.828. The first-order chi connectivity index (χ1) is 6.66. The van der Waals surface area contributed by atoms with Crippen LogP contribution in [0.5, 0.6) is 0 Å². The third-order valence-electron chi connectivity index (χ3n) is 1.62. The van der Waals surface area contributed by atoms with Crippen molar-refractivity contribution in [2.45, 2.75) is 11.1 Å². The number of aryl methyl sites for hydroxylation is 1. The zero-order valence-corrected chi connectivity index (χ0v) is 9.71. The summed E-state index contributed by atoms with van der Waals surface area (Å²) in [5.74, 6) is 0. The van der Waals surface area contributed by atoms with Gasteiger partial charge in [0.2, 0.25) is 0 Å². The van der Waals surface area contributed by atoms with Crippen molar-refractivity contribution in [3.05, 3.63) is 22.5 Å². The second kappa shape index (κ2) is 3.90. The molecule has 0 aromatic carbocycles. The fourth-order valence-corrected chi connectivity index (χ4v) is 3.15. The Hall–Kier alpha value is -0.560. The molecule has 0 radical (unpaired) electrons. The highest BCUT2D eigenvalue weighted by Gasteiger charge is 2.08. The normalized spacial score (nSPS) is 13.0. The van der Waals surface area contributed by atoms with Gasteiger partial charge in [-0.25, -0.2) is 9.19 Å². The van der Waals surface area contributed by atoms with Crippen molar-refractivity contribution in [3.63, 3.8) is 0 Å². The van der Waals surface area contributed by atoms with Gasteiger partial charge >= 0.3 is 0 Å². The monoisotopic (exact) mass is 245 g/mol. The molecule has 2 aromatic heterocycles. The van der Waals surface area contributed by atoms with Crippen molar-refractivity contribution in [2.75, 3.05) is 0 Å². The van der Waals surface area contributed by atoms with Crippen LogP contribution in [0.4, 0.5) is 0 Å². The number of nitrogens with zero attached hydrogens (tertiary/aromatic N) is 1. The topological polar surface area (TPSA) is 50.2 Å². The van der Waals surface area contributed by atoms with E-state index in [1.807, 2.05) is 18.4 Å². The summed E-state index contributed by atoms with van der Waals surface area (Å²) in [6.07, 6.45) is 0. The summed E-state index contributed by atoms with van der Waals surface area (Å²) in [5, 5.41) is 2.95. The zero-order chi connectivity index (χ0) is 10.1. The highest BCUT2D eigenvalue weighted by Crippen LogP contribution is 2.30. The smallest absolute Gasteiger partial charge is 0.196 e. The number of thiophene rings is 1. The Morgan fingerprint density at radius 1 is 1.50 bits per heavy atom. The van der Waals surface area contributed by atoms with E-state index in [0.29, 0.717) is 4.21 Å². The van der Waals surface area contributed by atoms with Gasteiger partial charge in [-0.15, -0.1) is 22.7 Å². The number of hydrogen-bond donors (Lipinski definition) is 1. The van der Waals surface area contributed by atoms with E-state index in [4.69, 9.17) is 4.55 Å². The van der Waals surface area contributed by atoms with Crippen LogP contribution in [-0.2, 0) is 11.1 Å². The van der Waals surface area contributed by atoms with Gasteiger partial charge in [0.05, 0.1) is 15.6 Å². The fourth-order valence-electron chi connectivity index (χ4n) is 1.03. The van der Waals surface area contributed by atoms with E-state index in [1.165, 1.54) is 11.3 Å². The van der Waals surface area contributed by atoms with E-state index < -0.39 is 11.1 Å². The molecule has 1 unspecified atom stereocenters. The summed E-state index contributed by atoms with van der Waals surface area (Å²) < 4.78 is 20.1. The Bertz CT molecular complexity index is 474. The molecule has 3 nitrogen and oxygen atoms in total. The average Bonchev–Trinajstić information content (AvgIpc) is 2.70. The van der Waals surface area contributed by atoms with Crippen LogP contribution in [0, 0.1) is 6.92 Å². The Kier molecular flexibility index (Phi) is 2.78. The van der Waals surface area contributed by atoms with Crippen molar-refractivity contribution < 1.29 is 8.76 Å². The molecule has 0 amide bonds. The van der Waals surface area contributed by atoms with Gasteiger partial charge < -0.3 is 4.55 Å². The van der Waals surface area contributed by atoms with Crippen molar-refractivity contribution in [3.8, 4) is 10.6 Å². The molecule has 6 heteroatoms. The lowest BCUT2D eigenvalue weighted by Gasteiger charge is -1.87. The number of hydrogen-bond acceptors (Lipinski definition) is 4. The van der Waals surface area contributed by atoms with Crippen LogP contribution in [-0.4, -0.2) is 13.7 Å². The van der Waals surface area contributed by atoms with Crippen molar-refractivity contribution in [1.29, 1.82) is 0 Å². The minimum atomic E-state index is -1.88. The highest BCUT2D eigenvalue weighted by atomic mass is 32.2. The molecular formula is C8H7NO2S3. The maximum Gasteiger partial charge on any atom is 0.196 e. The molecule has 1 atom stereocenters. The molecule has 0 bridgehead atoms. The lowest BCUT2D eigenvalue weighted by molar-refractivity contribution is 0.566. The van der Waals surface area contributed by atoms with Crippen LogP contribution in [0.1, 0.15) is 5.01 Å². The molecule has 0 saturated carbocycles. The lowest BCUT2D eigenvalue weighted by Crippen LogP contribution is -1.79. The van der Waals surface area contributed by atoms with Gasteiger partial charge in [-0.1, -0.05) is 0 Å². The first-order valence-electron chi connectivity index (χ1n) is 3.80. The van der Waals surface area contributed by atoms with Gasteiger partial charge in [0.25, 0.3) is 0 Å². The van der Waals surface area contributed by atoms with E-state index in [1.54, 1.807) is 17.4 Å². The molecule has 0 saturated heterocycles. The second-order valence-electron chi connectivity index (χ2n) is 2.62. The number of aromatic nitrogens is 1. The SMILES string of the molecule is Cc1nc(-c2ccc(S(=O)O)s2)cs1. The van der Waals surface area contributed by atoms with Gasteiger partial charge in [0.15, 0.2) is 11.1 Å². The summed E-state index contributed by atoms with van der Waals surface area (Å²) in [7, 11) is 0. The van der Waals surface area contributed by atoms with Crippen LogP contribution in [0.25, 0.3) is 10.6 Å². The van der Waals surface area contributed by atoms with Crippen LogP contribution >= 0.6 is 22.7 Å². The van der Waals surface area contributed by atoms with Crippen molar-refractivity contribution in [2.24, 2.45) is 0 Å². The molecule has 2 rings (SSSR count). The second-order valence-corrected chi connectivity index (χ2v) is 5.96. The van der Waals surface area contributed by atoms with E-state index in [2.05, 4.69) is 4.98 Å². The summed E-state index contributed by atoms with van der Waals surface area (Å²) in [4.78, 5) is 5.24. The Morgan fingerprint density at radius 3 is 2.79 bits per heavy atom. The van der Waals surface area contributed by atoms with E-state index in [-0.39, 0.29) is 0 Å². The maximum absolute atomic E-state index is 10.8. The largest absolute Gasteiger partial charge is 0.302 e. The maximum atomic E-state index is 10.8. The van der Waals surface area contributed by atoms with Gasteiger partial charge in [0.1, 0.15) is 4.21 Å². The van der Waals surface area contributed by atoms with Crippen LogP contribution in [0.2, 0.25) is 0 Å². The minimum absolute atomic E-state index is 0.464. The van der Waals surface area contributed by atoms with Gasteiger partial charge in [0, 0.05) is 5.38 Å². The molecule has 14 heavy (non-hydrogen) atoms. The number of thiazole rings is 1. The molecule has 0 fully saturated rings. The molecule has 0 spiro atoms. The summed E-state index contributed by atoms with van der Waals surface area (Å²) in [6, 6.07) is 3.48. The summed E-state index contributed by atoms with van der Waals surface area (Å²) in [6.45, 7) is 1.94. The Balaban J connectivity index is 2.38. The van der Waals surface area contributed by atoms with Crippen LogP contribution in [0.15, 0.2) is 21.7 Å². The number of rotatable bonds is 2. The average molecular weight is 245 g/mol. The Labute approximate surface area is 91.7 Å². The van der Waals surface area contributed by atoms with Crippen molar-refractivity contribution in [1.82, 2.24) is 4.98 Å². The van der Waals surface area contributed by atoms with E-state index in [9.17, 15) is 4.21 Å². The molecule has 2 aromatic rings. The summed E-state index contributed by atoms with van der Waals surface area (Å²) >= 11 is 0.995. The molecule has 0 aliphatic carbocycles. The first-order valence-corrected chi connectivity index (χ1v) is 6.60. The molecule has 0 aliphatic rings. The first kappa shape index (κ1) is 9.97. The predicted molar refractivity (Wildman–Crippen MR) is 59.2 cm³/mol. The lowest BCUT2D eigenvalue weighted by atomic mass is 10.4. The van der Waals surface area contributed by atoms with Crippen LogP contribution < -0.4 is 0 Å². The Morgan fingerprint density at radius 2 is 2.29 bits per heavy atom. The van der Waals surface area contributed by atoms with Crippen molar-refractivity contribution >= 4 is 33.8 Å². The molecule has 74 valence electrons. The molecular weight excluding hydrogens is 238 g/mol. The molecule has 2 heterocycles. The van der Waals surface area contributed by atoms with Crippen LogP contribution in [0.3, 0.4) is 0 Å². The van der Waals surface area contributed by atoms with Gasteiger partial charge in [-0.3, -0.25) is 0 Å². The fraction of sp³-hybridized carbons (Fsp3) is 0.125. The van der Waals surface area contributed by atoms with Gasteiger partial charge in [-0.05, 0) is 19.1 Å². The summed E-state index contributed by atoms with van der Waals surface area (Å²) in [5.41, 5.74) is 0.884. The zero-order valence-electron chi connectivity index (χ0n) is 7.26. The predicted octanol–water partition coefficient (Wildman–Crippen LogP) is 2.76. The van der Waals surface area contributed by atoms with E-state index >= 15 is 0 Å². The minimum Gasteiger partial charge on any atom is -0.302 e. The molecule has 0 aliphatic heterocycles. The third kappa shape index (κ3) is 1.93. The third-order valence-corrected chi connectivity index (χ3v) is 4.46.